The van der Waals surface area contributed by atoms with Gasteiger partial charge in [0.2, 0.25) is 0 Å². The second-order valence-corrected chi connectivity index (χ2v) is 20.6. The van der Waals surface area contributed by atoms with Gasteiger partial charge in [0.05, 0.1) is 54.4 Å². The molecule has 9 rings (SSSR count). The molecule has 2 saturated heterocycles. The van der Waals surface area contributed by atoms with Crippen molar-refractivity contribution >= 4 is 69.7 Å². The lowest BCUT2D eigenvalue weighted by Crippen LogP contribution is -2.70. The van der Waals surface area contributed by atoms with Gasteiger partial charge in [0.1, 0.15) is 24.7 Å². The van der Waals surface area contributed by atoms with Crippen LogP contribution in [0.2, 0.25) is 15.1 Å². The largest absolute Gasteiger partial charge is 0.488 e. The van der Waals surface area contributed by atoms with Gasteiger partial charge in [-0.3, -0.25) is 10.6 Å². The van der Waals surface area contributed by atoms with Gasteiger partial charge in [0, 0.05) is 42.2 Å². The zero-order chi connectivity index (χ0) is 45.8. The Morgan fingerprint density at radius 2 is 1.06 bits per heavy atom. The number of thiazole rings is 2. The second kappa shape index (κ2) is 20.6. The fourth-order valence-corrected chi connectivity index (χ4v) is 12.6. The number of carbonyl (C=O) groups excluding carboxylic acids is 2. The van der Waals surface area contributed by atoms with E-state index in [1.165, 1.54) is 31.2 Å². The van der Waals surface area contributed by atoms with Gasteiger partial charge in [0.15, 0.2) is 11.3 Å². The summed E-state index contributed by atoms with van der Waals surface area (Å²) in [5.74, 6) is 2.22. The van der Waals surface area contributed by atoms with Gasteiger partial charge in [0.25, 0.3) is 0 Å². The molecule has 19 heteroatoms. The van der Waals surface area contributed by atoms with Crippen LogP contribution in [0.5, 0.6) is 11.5 Å². The number of benzene rings is 3. The molecule has 0 bridgehead atoms. The number of nitrogens with zero attached hydrogens (tertiary/aromatic N) is 2. The van der Waals surface area contributed by atoms with Crippen molar-refractivity contribution in [1.82, 2.24) is 31.6 Å². The number of aromatic nitrogens is 2. The Kier molecular flexibility index (Phi) is 14.6. The minimum Gasteiger partial charge on any atom is -0.488 e. The average Bonchev–Trinajstić information content (AvgIpc) is 4.08. The van der Waals surface area contributed by atoms with Gasteiger partial charge in [-0.2, -0.15) is 0 Å². The Morgan fingerprint density at radius 1 is 0.606 bits per heavy atom. The quantitative estimate of drug-likeness (QED) is 0.0693. The first kappa shape index (κ1) is 46.9. The van der Waals surface area contributed by atoms with Crippen LogP contribution in [0, 0.1) is 0 Å². The summed E-state index contributed by atoms with van der Waals surface area (Å²) >= 11 is 23.6. The molecule has 2 saturated carbocycles. The Labute approximate surface area is 406 Å². The van der Waals surface area contributed by atoms with E-state index in [9.17, 15) is 9.59 Å². The summed E-state index contributed by atoms with van der Waals surface area (Å²) in [6.45, 7) is 1.22. The summed E-state index contributed by atoms with van der Waals surface area (Å²) in [7, 11) is 3.31. The summed E-state index contributed by atoms with van der Waals surface area (Å²) in [6, 6.07) is 18.2. The van der Waals surface area contributed by atoms with Crippen LogP contribution in [0.3, 0.4) is 0 Å². The molecule has 4 heterocycles. The topological polar surface area (TPSA) is 163 Å². The van der Waals surface area contributed by atoms with Gasteiger partial charge in [-0.25, -0.2) is 19.6 Å². The van der Waals surface area contributed by atoms with Gasteiger partial charge >= 0.3 is 12.2 Å². The van der Waals surface area contributed by atoms with Crippen molar-refractivity contribution in [3.05, 3.63) is 124 Å². The molecular formula is C47H51Cl3N6O8S2. The lowest BCUT2D eigenvalue weighted by Gasteiger charge is -2.43. The van der Waals surface area contributed by atoms with Crippen molar-refractivity contribution in [2.45, 2.75) is 120 Å². The van der Waals surface area contributed by atoms with E-state index < -0.39 is 23.5 Å². The van der Waals surface area contributed by atoms with E-state index in [1.807, 2.05) is 12.1 Å². The summed E-state index contributed by atoms with van der Waals surface area (Å²) < 4.78 is 23.7. The number of nitrogens with one attached hydrogen (secondary N) is 4. The highest BCUT2D eigenvalue weighted by Crippen LogP contribution is 2.48. The number of rotatable bonds is 16. The van der Waals surface area contributed by atoms with Crippen LogP contribution in [0.15, 0.2) is 60.7 Å². The summed E-state index contributed by atoms with van der Waals surface area (Å²) in [5.41, 5.74) is 5.59. The maximum Gasteiger partial charge on any atom is 0.428 e. The third-order valence-electron chi connectivity index (χ3n) is 12.9. The van der Waals surface area contributed by atoms with E-state index in [2.05, 4.69) is 33.7 Å². The van der Waals surface area contributed by atoms with Crippen molar-refractivity contribution in [2.75, 3.05) is 14.2 Å². The molecule has 0 spiro atoms. The van der Waals surface area contributed by atoms with E-state index in [-0.39, 0.29) is 23.3 Å². The molecule has 2 unspecified atom stereocenters. The van der Waals surface area contributed by atoms with Crippen LogP contribution in [0.1, 0.15) is 130 Å². The van der Waals surface area contributed by atoms with Crippen molar-refractivity contribution in [3.8, 4) is 11.5 Å². The number of hydroxylamine groups is 2. The number of hydrogen-bond acceptors (Lipinski definition) is 14. The zero-order valence-corrected chi connectivity index (χ0v) is 40.4. The molecule has 2 amide bonds. The molecule has 0 radical (unpaired) electrons. The van der Waals surface area contributed by atoms with E-state index in [0.717, 1.165) is 74.7 Å². The number of hydrogen-bond donors (Lipinski definition) is 4. The number of carbonyl (C=O) groups is 2. The first-order valence-corrected chi connectivity index (χ1v) is 24.9. The zero-order valence-electron chi connectivity index (χ0n) is 36.5. The van der Waals surface area contributed by atoms with Crippen LogP contribution in [-0.2, 0) is 56.9 Å². The Balaban J connectivity index is 0.926. The Bertz CT molecular complexity index is 2530. The van der Waals surface area contributed by atoms with Crippen LogP contribution in [0.25, 0.3) is 0 Å². The predicted molar refractivity (Wildman–Crippen MR) is 252 cm³/mol. The first-order valence-electron chi connectivity index (χ1n) is 22.2. The fourth-order valence-electron chi connectivity index (χ4n) is 9.54. The van der Waals surface area contributed by atoms with Crippen LogP contribution >= 0.6 is 57.5 Å². The Morgan fingerprint density at radius 3 is 1.48 bits per heavy atom. The number of amides is 2. The molecule has 5 aromatic rings. The van der Waals surface area contributed by atoms with Crippen molar-refractivity contribution in [3.63, 3.8) is 0 Å². The minimum atomic E-state index is -1.81. The average molecular weight is 998 g/mol. The molecule has 4 N–H and O–H groups in total. The van der Waals surface area contributed by atoms with E-state index in [4.69, 9.17) is 73.4 Å². The SMILES string of the molecule is COCc1nc(C2CCCCCC2)sc1COc1ccc(C2(C3(c4ccc(OCc5sc(C6CCC(c7ccc(Cl)cc7)CC6)nc5COC)cc4Cl)NOC(=O)N3)NOC(=O)N2)c(Cl)c1. The predicted octanol–water partition coefficient (Wildman–Crippen LogP) is 11.4. The maximum atomic E-state index is 13.0. The third-order valence-corrected chi connectivity index (χ3v) is 16.3. The van der Waals surface area contributed by atoms with Crippen LogP contribution in [-0.4, -0.2) is 36.4 Å². The van der Waals surface area contributed by atoms with Crippen molar-refractivity contribution in [2.24, 2.45) is 0 Å². The normalized spacial score (nSPS) is 23.5. The lowest BCUT2D eigenvalue weighted by molar-refractivity contribution is -0.0162. The monoisotopic (exact) mass is 996 g/mol. The molecule has 14 nitrogen and oxygen atoms in total. The fraction of sp³-hybridized carbons (Fsp3) is 0.447. The molecule has 4 aliphatic rings. The highest BCUT2D eigenvalue weighted by atomic mass is 35.5. The molecule has 66 heavy (non-hydrogen) atoms. The molecule has 4 fully saturated rings. The van der Waals surface area contributed by atoms with Crippen molar-refractivity contribution in [1.29, 1.82) is 0 Å². The van der Waals surface area contributed by atoms with Crippen molar-refractivity contribution < 1.29 is 38.2 Å². The van der Waals surface area contributed by atoms with Gasteiger partial charge in [-0.05, 0) is 98.5 Å². The van der Waals surface area contributed by atoms with Gasteiger partial charge in [-0.15, -0.1) is 33.6 Å². The molecular weight excluding hydrogens is 947 g/mol. The first-order chi connectivity index (χ1) is 32.1. The second-order valence-electron chi connectivity index (χ2n) is 17.1. The molecule has 2 aliphatic heterocycles. The smallest absolute Gasteiger partial charge is 0.428 e. The molecule has 3 aromatic carbocycles. The minimum absolute atomic E-state index is 0.170. The van der Waals surface area contributed by atoms with E-state index >= 15 is 0 Å². The number of methoxy groups -OCH3 is 2. The molecule has 350 valence electrons. The summed E-state index contributed by atoms with van der Waals surface area (Å²) in [6.07, 6.45) is 9.77. The maximum absolute atomic E-state index is 13.0. The lowest BCUT2D eigenvalue weighted by atomic mass is 9.79. The molecule has 2 atom stereocenters. The van der Waals surface area contributed by atoms with Gasteiger partial charge in [-0.1, -0.05) is 72.6 Å². The highest BCUT2D eigenvalue weighted by Gasteiger charge is 2.65. The standard InChI is InChI=1S/C47H51Cl3N6O8S2/c1-59-23-38-40(65-42(51-38)29-7-5-3-4-6-8-29)25-61-32-17-19-34(36(49)21-32)46(53-44(57)63-55-46)47(54-45(58)64-56-47)35-20-18-33(22-37(35)50)62-26-41-39(24-60-2)52-43(66-41)30-11-9-27(10-12-30)28-13-15-31(48)16-14-28/h13-22,27,29-30,55-56H,3-12,23-26H2,1-2H3,(H,53,57)(H,54,58). The van der Waals surface area contributed by atoms with Crippen LogP contribution in [0.4, 0.5) is 9.59 Å². The number of halogens is 3. The number of ether oxygens (including phenoxy) is 4. The highest BCUT2D eigenvalue weighted by molar-refractivity contribution is 7.12. The van der Waals surface area contributed by atoms with Gasteiger partial charge < -0.3 is 28.6 Å². The molecule has 2 aliphatic carbocycles. The summed E-state index contributed by atoms with van der Waals surface area (Å²) in [5, 5.41) is 8.96. The molecule has 2 aromatic heterocycles. The Hall–Kier alpha value is -4.23. The summed E-state index contributed by atoms with van der Waals surface area (Å²) in [4.78, 5) is 48.6. The van der Waals surface area contributed by atoms with E-state index in [0.29, 0.717) is 53.6 Å². The van der Waals surface area contributed by atoms with Crippen LogP contribution < -0.4 is 31.1 Å². The van der Waals surface area contributed by atoms with E-state index in [1.54, 1.807) is 73.3 Å². The third kappa shape index (κ3) is 9.72.